The van der Waals surface area contributed by atoms with E-state index in [-0.39, 0.29) is 34.6 Å². The predicted molar refractivity (Wildman–Crippen MR) is 102 cm³/mol. The zero-order valence-electron chi connectivity index (χ0n) is 15.4. The molecule has 0 spiro atoms. The van der Waals surface area contributed by atoms with E-state index in [0.717, 1.165) is 0 Å². The second-order valence-corrected chi connectivity index (χ2v) is 7.98. The Labute approximate surface area is 159 Å². The van der Waals surface area contributed by atoms with Gasteiger partial charge in [-0.15, -0.1) is 0 Å². The Balaban J connectivity index is 2.06. The highest BCUT2D eigenvalue weighted by Crippen LogP contribution is 2.47. The van der Waals surface area contributed by atoms with Crippen LogP contribution in [-0.2, 0) is 4.79 Å². The fraction of sp³-hybridized carbons (Fsp3) is 0.300. The lowest BCUT2D eigenvalue weighted by Gasteiger charge is -2.38. The number of carboxylic acid groups (broad SMARTS) is 1. The summed E-state index contributed by atoms with van der Waals surface area (Å²) in [5.74, 6) is -1.96. The Morgan fingerprint density at radius 1 is 1.11 bits per heavy atom. The molecule has 28 heavy (non-hydrogen) atoms. The minimum absolute atomic E-state index is 0.00966. The van der Waals surface area contributed by atoms with Crippen LogP contribution in [0.1, 0.15) is 54.1 Å². The van der Waals surface area contributed by atoms with Crippen molar-refractivity contribution in [3.05, 3.63) is 73.1 Å². The molecule has 1 aromatic heterocycles. The number of anilines is 1. The molecular formula is C20H19N3O5. The number of hydrogen-bond donors (Lipinski definition) is 4. The van der Waals surface area contributed by atoms with E-state index in [1.54, 1.807) is 18.2 Å². The number of nitrogens with one attached hydrogen (secondary N) is 3. The van der Waals surface area contributed by atoms with Crippen molar-refractivity contribution in [2.75, 3.05) is 5.32 Å². The maximum atomic E-state index is 13.1. The molecule has 0 radical (unpaired) electrons. The van der Waals surface area contributed by atoms with Gasteiger partial charge in [-0.2, -0.15) is 0 Å². The van der Waals surface area contributed by atoms with E-state index in [4.69, 9.17) is 0 Å². The fourth-order valence-corrected chi connectivity index (χ4v) is 4.20. The maximum Gasteiger partial charge on any atom is 0.335 e. The molecule has 2 aliphatic rings. The van der Waals surface area contributed by atoms with Crippen molar-refractivity contribution >= 4 is 17.6 Å². The van der Waals surface area contributed by atoms with Crippen molar-refractivity contribution in [2.24, 2.45) is 5.41 Å². The summed E-state index contributed by atoms with van der Waals surface area (Å²) >= 11 is 0. The predicted octanol–water partition coefficient (Wildman–Crippen LogP) is 1.96. The Morgan fingerprint density at radius 2 is 1.82 bits per heavy atom. The first-order valence-electron chi connectivity index (χ1n) is 8.90. The van der Waals surface area contributed by atoms with E-state index < -0.39 is 23.1 Å². The molecule has 1 aliphatic carbocycles. The molecule has 0 fully saturated rings. The lowest BCUT2D eigenvalue weighted by molar-refractivity contribution is -0.118. The number of H-pyrrole nitrogens is 2. The molecule has 0 amide bonds. The Morgan fingerprint density at radius 3 is 2.54 bits per heavy atom. The summed E-state index contributed by atoms with van der Waals surface area (Å²) in [4.78, 5) is 54.1. The molecule has 0 saturated carbocycles. The highest BCUT2D eigenvalue weighted by Gasteiger charge is 2.43. The molecule has 1 atom stereocenters. The van der Waals surface area contributed by atoms with Gasteiger partial charge in [0.15, 0.2) is 5.78 Å². The van der Waals surface area contributed by atoms with Crippen LogP contribution in [0.25, 0.3) is 0 Å². The number of allylic oxidation sites excluding steroid dienone is 2. The van der Waals surface area contributed by atoms with Crippen molar-refractivity contribution in [2.45, 2.75) is 32.6 Å². The van der Waals surface area contributed by atoms with Crippen LogP contribution in [0.2, 0.25) is 0 Å². The van der Waals surface area contributed by atoms with E-state index in [0.29, 0.717) is 23.3 Å². The van der Waals surface area contributed by atoms with Gasteiger partial charge in [0, 0.05) is 23.6 Å². The molecule has 0 unspecified atom stereocenters. The van der Waals surface area contributed by atoms with Crippen LogP contribution in [0.5, 0.6) is 0 Å². The zero-order valence-corrected chi connectivity index (χ0v) is 15.4. The third-order valence-electron chi connectivity index (χ3n) is 5.25. The van der Waals surface area contributed by atoms with E-state index in [9.17, 15) is 24.3 Å². The number of benzene rings is 1. The monoisotopic (exact) mass is 381 g/mol. The average molecular weight is 381 g/mol. The third-order valence-corrected chi connectivity index (χ3v) is 5.25. The SMILES string of the molecule is CC1(C)CC(=O)C2=C(C1)Nc1[nH]c(=O)[nH]c(=O)c1[C@H]2c1ccccc1C(=O)O. The van der Waals surface area contributed by atoms with Gasteiger partial charge in [0.05, 0.1) is 11.1 Å². The summed E-state index contributed by atoms with van der Waals surface area (Å²) in [5, 5.41) is 12.7. The first-order valence-corrected chi connectivity index (χ1v) is 8.90. The average Bonchev–Trinajstić information content (AvgIpc) is 2.58. The Bertz CT molecular complexity index is 1170. The Kier molecular flexibility index (Phi) is 3.88. The molecule has 4 N–H and O–H groups in total. The highest BCUT2D eigenvalue weighted by molar-refractivity contribution is 6.02. The smallest absolute Gasteiger partial charge is 0.335 e. The molecule has 0 bridgehead atoms. The van der Waals surface area contributed by atoms with Gasteiger partial charge in [0.2, 0.25) is 0 Å². The van der Waals surface area contributed by atoms with Crippen molar-refractivity contribution in [3.8, 4) is 0 Å². The largest absolute Gasteiger partial charge is 0.478 e. The van der Waals surface area contributed by atoms with Crippen LogP contribution in [0.3, 0.4) is 0 Å². The van der Waals surface area contributed by atoms with Crippen LogP contribution >= 0.6 is 0 Å². The van der Waals surface area contributed by atoms with Crippen LogP contribution in [0.4, 0.5) is 5.82 Å². The number of ketones is 1. The Hall–Kier alpha value is -3.42. The maximum absolute atomic E-state index is 13.1. The number of Topliss-reactive ketones (excluding diaryl/α,β-unsaturated/α-hetero) is 1. The highest BCUT2D eigenvalue weighted by atomic mass is 16.4. The topological polar surface area (TPSA) is 132 Å². The van der Waals surface area contributed by atoms with Crippen LogP contribution < -0.4 is 16.6 Å². The summed E-state index contributed by atoms with van der Waals surface area (Å²) in [6, 6.07) is 6.30. The quantitative estimate of drug-likeness (QED) is 0.629. The van der Waals surface area contributed by atoms with Crippen LogP contribution in [0, 0.1) is 5.41 Å². The van der Waals surface area contributed by atoms with Crippen molar-refractivity contribution in [1.29, 1.82) is 0 Å². The number of carbonyl (C=O) groups is 2. The van der Waals surface area contributed by atoms with Crippen LogP contribution in [0.15, 0.2) is 45.1 Å². The van der Waals surface area contributed by atoms with Crippen molar-refractivity contribution in [3.63, 3.8) is 0 Å². The molecule has 2 heterocycles. The fourth-order valence-electron chi connectivity index (χ4n) is 4.20. The first kappa shape index (κ1) is 18.0. The third kappa shape index (κ3) is 2.77. The minimum atomic E-state index is -1.15. The molecule has 1 aromatic carbocycles. The number of carboxylic acids is 1. The molecule has 144 valence electrons. The minimum Gasteiger partial charge on any atom is -0.478 e. The van der Waals surface area contributed by atoms with Crippen LogP contribution in [-0.4, -0.2) is 26.8 Å². The van der Waals surface area contributed by atoms with Gasteiger partial charge in [-0.05, 0) is 23.5 Å². The zero-order chi connectivity index (χ0) is 20.2. The standard InChI is InChI=1S/C20H19N3O5/c1-20(2)7-11-14(12(24)8-20)13(9-5-3-4-6-10(9)18(26)27)15-16(21-11)22-19(28)23-17(15)25/h3-6,13H,7-8H2,1-2H3,(H,26,27)(H3,21,22,23,25,28)/t13-/m0/s1. The molecule has 8 nitrogen and oxygen atoms in total. The summed E-state index contributed by atoms with van der Waals surface area (Å²) in [6.45, 7) is 3.93. The van der Waals surface area contributed by atoms with Crippen molar-refractivity contribution in [1.82, 2.24) is 9.97 Å². The normalized spacial score (nSPS) is 20.2. The summed E-state index contributed by atoms with van der Waals surface area (Å²) < 4.78 is 0. The van der Waals surface area contributed by atoms with Gasteiger partial charge in [-0.25, -0.2) is 9.59 Å². The van der Waals surface area contributed by atoms with Gasteiger partial charge in [0.25, 0.3) is 5.56 Å². The first-order chi connectivity index (χ1) is 13.2. The second kappa shape index (κ2) is 6.05. The van der Waals surface area contributed by atoms with E-state index in [1.807, 2.05) is 13.8 Å². The lowest BCUT2D eigenvalue weighted by atomic mass is 9.69. The lowest BCUT2D eigenvalue weighted by Crippen LogP contribution is -2.39. The number of aromatic amines is 2. The number of aromatic carboxylic acids is 1. The van der Waals surface area contributed by atoms with Gasteiger partial charge < -0.3 is 10.4 Å². The number of hydrogen-bond acceptors (Lipinski definition) is 5. The molecule has 0 saturated heterocycles. The van der Waals surface area contributed by atoms with Gasteiger partial charge in [0.1, 0.15) is 5.82 Å². The number of carbonyl (C=O) groups excluding carboxylic acids is 1. The van der Waals surface area contributed by atoms with E-state index in [2.05, 4.69) is 15.3 Å². The number of aromatic nitrogens is 2. The van der Waals surface area contributed by atoms with E-state index >= 15 is 0 Å². The molecule has 8 heteroatoms. The van der Waals surface area contributed by atoms with Gasteiger partial charge in [-0.3, -0.25) is 19.6 Å². The summed E-state index contributed by atoms with van der Waals surface area (Å²) in [6.07, 6.45) is 0.823. The molecule has 1 aliphatic heterocycles. The van der Waals surface area contributed by atoms with Gasteiger partial charge >= 0.3 is 11.7 Å². The second-order valence-electron chi connectivity index (χ2n) is 7.98. The number of rotatable bonds is 2. The number of fused-ring (bicyclic) bond motifs is 1. The molecular weight excluding hydrogens is 362 g/mol. The summed E-state index contributed by atoms with van der Waals surface area (Å²) in [7, 11) is 0. The van der Waals surface area contributed by atoms with Crippen molar-refractivity contribution < 1.29 is 14.7 Å². The van der Waals surface area contributed by atoms with Gasteiger partial charge in [-0.1, -0.05) is 32.0 Å². The molecule has 4 rings (SSSR count). The van der Waals surface area contributed by atoms with E-state index in [1.165, 1.54) is 6.07 Å². The molecule has 2 aromatic rings. The summed E-state index contributed by atoms with van der Waals surface area (Å²) in [5.41, 5.74) is -0.129.